The third kappa shape index (κ3) is 7.15. The van der Waals surface area contributed by atoms with E-state index in [-0.39, 0.29) is 30.8 Å². The minimum Gasteiger partial charge on any atom is -0.434 e. The molecule has 0 spiro atoms. The van der Waals surface area contributed by atoms with Crippen molar-refractivity contribution in [3.05, 3.63) is 53.2 Å². The first kappa shape index (κ1) is 24.9. The summed E-state index contributed by atoms with van der Waals surface area (Å²) in [5.74, 6) is 0. The second kappa shape index (κ2) is 10.1. The summed E-state index contributed by atoms with van der Waals surface area (Å²) in [7, 11) is 0. The van der Waals surface area contributed by atoms with Gasteiger partial charge in [-0.25, -0.2) is 4.79 Å². The molecule has 1 aromatic rings. The quantitative estimate of drug-likeness (QED) is 0.500. The Kier molecular flexibility index (Phi) is 7.61. The van der Waals surface area contributed by atoms with Crippen LogP contribution in [0.3, 0.4) is 0 Å². The number of carbonyl (C=O) groups is 1. The van der Waals surface area contributed by atoms with Crippen LogP contribution in [0, 0.1) is 0 Å². The first-order valence-corrected chi connectivity index (χ1v) is 10.3. The fourth-order valence-electron chi connectivity index (χ4n) is 3.41. The predicted molar refractivity (Wildman–Crippen MR) is 111 cm³/mol. The smallest absolute Gasteiger partial charge is 0.427 e. The van der Waals surface area contributed by atoms with Gasteiger partial charge in [0, 0.05) is 23.0 Å². The Labute approximate surface area is 190 Å². The molecule has 5 nitrogen and oxygen atoms in total. The van der Waals surface area contributed by atoms with Gasteiger partial charge in [-0.2, -0.15) is 26.3 Å². The Morgan fingerprint density at radius 1 is 1.21 bits per heavy atom. The van der Waals surface area contributed by atoms with Gasteiger partial charge in [0.1, 0.15) is 6.04 Å². The topological polar surface area (TPSA) is 53.9 Å². The molecule has 1 amide bonds. The number of nitrogens with zero attached hydrogens (tertiary/aromatic N) is 2. The molecule has 0 fully saturated rings. The van der Waals surface area contributed by atoms with E-state index in [2.05, 4.69) is 15.0 Å². The molecule has 2 atom stereocenters. The number of anilines is 1. The maximum absolute atomic E-state index is 13.5. The monoisotopic (exact) mass is 495 g/mol. The van der Waals surface area contributed by atoms with Crippen LogP contribution in [0.25, 0.3) is 0 Å². The van der Waals surface area contributed by atoms with Crippen molar-refractivity contribution in [3.8, 4) is 0 Å². The zero-order chi connectivity index (χ0) is 24.2. The van der Waals surface area contributed by atoms with E-state index in [0.29, 0.717) is 17.0 Å². The maximum atomic E-state index is 13.5. The van der Waals surface area contributed by atoms with Crippen LogP contribution in [-0.2, 0) is 4.74 Å². The summed E-state index contributed by atoms with van der Waals surface area (Å²) in [4.78, 5) is 17.0. The van der Waals surface area contributed by atoms with Crippen LogP contribution < -0.4 is 5.32 Å². The molecule has 0 saturated carbocycles. The van der Waals surface area contributed by atoms with Crippen molar-refractivity contribution in [1.29, 1.82) is 0 Å². The van der Waals surface area contributed by atoms with E-state index in [4.69, 9.17) is 11.6 Å². The van der Waals surface area contributed by atoms with Crippen LogP contribution in [-0.4, -0.2) is 54.3 Å². The maximum Gasteiger partial charge on any atom is 0.427 e. The lowest BCUT2D eigenvalue weighted by molar-refractivity contribution is -0.204. The lowest BCUT2D eigenvalue weighted by Gasteiger charge is -2.31. The van der Waals surface area contributed by atoms with Gasteiger partial charge in [-0.1, -0.05) is 17.7 Å². The van der Waals surface area contributed by atoms with Crippen molar-refractivity contribution in [2.45, 2.75) is 43.8 Å². The minimum atomic E-state index is -4.86. The van der Waals surface area contributed by atoms with Gasteiger partial charge in [-0.15, -0.1) is 0 Å². The molecule has 0 aliphatic carbocycles. The number of hydrogen-bond acceptors (Lipinski definition) is 4. The molecule has 1 aromatic carbocycles. The van der Waals surface area contributed by atoms with Gasteiger partial charge in [-0.05, 0) is 61.4 Å². The molecule has 0 saturated heterocycles. The largest absolute Gasteiger partial charge is 0.434 e. The minimum absolute atomic E-state index is 0.0886. The Bertz CT molecular complexity index is 941. The Morgan fingerprint density at radius 3 is 2.55 bits per heavy atom. The van der Waals surface area contributed by atoms with Gasteiger partial charge >= 0.3 is 18.4 Å². The summed E-state index contributed by atoms with van der Waals surface area (Å²) in [6.45, 7) is -0.823. The molecule has 2 aliphatic rings. The molecular formula is C21H20ClF6N3O2. The highest BCUT2D eigenvalue weighted by Crippen LogP contribution is 2.32. The van der Waals surface area contributed by atoms with E-state index < -0.39 is 37.1 Å². The molecule has 2 aliphatic heterocycles. The van der Waals surface area contributed by atoms with Crippen molar-refractivity contribution in [2.75, 3.05) is 18.4 Å². The second-order valence-electron chi connectivity index (χ2n) is 7.56. The van der Waals surface area contributed by atoms with Crippen LogP contribution in [0.2, 0.25) is 5.02 Å². The summed E-state index contributed by atoms with van der Waals surface area (Å²) in [5, 5.41) is 2.58. The molecule has 1 N–H and O–H groups in total. The van der Waals surface area contributed by atoms with Gasteiger partial charge in [0.25, 0.3) is 0 Å². The molecule has 12 heteroatoms. The normalized spacial score (nSPS) is 20.1. The molecule has 33 heavy (non-hydrogen) atoms. The van der Waals surface area contributed by atoms with Crippen molar-refractivity contribution in [3.63, 3.8) is 0 Å². The zero-order valence-corrected chi connectivity index (χ0v) is 17.8. The number of alkyl halides is 6. The molecule has 0 bridgehead atoms. The number of rotatable bonds is 5. The molecule has 0 radical (unpaired) electrons. The van der Waals surface area contributed by atoms with Crippen LogP contribution in [0.5, 0.6) is 0 Å². The number of benzene rings is 1. The Hall–Kier alpha value is -2.69. The van der Waals surface area contributed by atoms with E-state index in [1.807, 2.05) is 0 Å². The second-order valence-corrected chi connectivity index (χ2v) is 7.99. The van der Waals surface area contributed by atoms with Crippen LogP contribution in [0.1, 0.15) is 19.3 Å². The molecular weight excluding hydrogens is 476 g/mol. The summed E-state index contributed by atoms with van der Waals surface area (Å²) in [5.41, 5.74) is 0.823. The standard InChI is InChI=1S/C21H20ClF6N3O2/c22-14-6-8-15(9-7-14)29-19(32)33-18(21(26,27)28)12-31-10-2-3-13(11-31)16-4-1-5-17(30-16)20(23,24)25/h2-3,6-10,17-18H,1,4-5,11-12H2,(H,29,32)/t17-,18?/m0/s1. The van der Waals surface area contributed by atoms with E-state index in [1.54, 1.807) is 0 Å². The summed E-state index contributed by atoms with van der Waals surface area (Å²) < 4.78 is 84.3. The average Bonchev–Trinajstić information content (AvgIpc) is 2.74. The van der Waals surface area contributed by atoms with E-state index in [9.17, 15) is 31.1 Å². The van der Waals surface area contributed by atoms with Crippen molar-refractivity contribution < 1.29 is 35.9 Å². The first-order chi connectivity index (χ1) is 15.4. The van der Waals surface area contributed by atoms with Gasteiger partial charge in [0.2, 0.25) is 6.10 Å². The highest BCUT2D eigenvalue weighted by atomic mass is 35.5. The number of halogens is 7. The van der Waals surface area contributed by atoms with E-state index >= 15 is 0 Å². The molecule has 3 rings (SSSR count). The van der Waals surface area contributed by atoms with Crippen molar-refractivity contribution in [2.24, 2.45) is 4.99 Å². The highest BCUT2D eigenvalue weighted by molar-refractivity contribution is 6.30. The van der Waals surface area contributed by atoms with Crippen molar-refractivity contribution in [1.82, 2.24) is 4.90 Å². The lowest BCUT2D eigenvalue weighted by Crippen LogP contribution is -2.44. The zero-order valence-electron chi connectivity index (χ0n) is 17.1. The van der Waals surface area contributed by atoms with Crippen molar-refractivity contribution >= 4 is 29.1 Å². The summed E-state index contributed by atoms with van der Waals surface area (Å²) in [6, 6.07) is 3.87. The van der Waals surface area contributed by atoms with Gasteiger partial charge in [0.05, 0.1) is 6.54 Å². The number of carbonyl (C=O) groups excluding carboxylic acids is 1. The Balaban J connectivity index is 1.65. The van der Waals surface area contributed by atoms with E-state index in [0.717, 1.165) is 0 Å². The number of amides is 1. The SMILES string of the molecule is O=C(Nc1ccc(Cl)cc1)OC(CN1C=CC=C(C2=N[C@H](C(F)(F)F)CCC2)C1)C(F)(F)F. The number of nitrogens with one attached hydrogen (secondary N) is 1. The number of ether oxygens (including phenoxy) is 1. The van der Waals surface area contributed by atoms with E-state index in [1.165, 1.54) is 47.5 Å². The lowest BCUT2D eigenvalue weighted by atomic mass is 9.96. The molecule has 1 unspecified atom stereocenters. The summed E-state index contributed by atoms with van der Waals surface area (Å²) in [6.07, 6.45) is -8.32. The summed E-state index contributed by atoms with van der Waals surface area (Å²) >= 11 is 5.73. The third-order valence-corrected chi connectivity index (χ3v) is 5.28. The third-order valence-electron chi connectivity index (χ3n) is 5.02. The van der Waals surface area contributed by atoms with Crippen LogP contribution in [0.15, 0.2) is 53.2 Å². The first-order valence-electron chi connectivity index (χ1n) is 9.97. The Morgan fingerprint density at radius 2 is 1.91 bits per heavy atom. The molecule has 0 aromatic heterocycles. The fraction of sp³-hybridized carbons (Fsp3) is 0.429. The van der Waals surface area contributed by atoms with Gasteiger partial charge in [0.15, 0.2) is 0 Å². The van der Waals surface area contributed by atoms with Crippen LogP contribution in [0.4, 0.5) is 36.8 Å². The predicted octanol–water partition coefficient (Wildman–Crippen LogP) is 6.13. The van der Waals surface area contributed by atoms with Crippen LogP contribution >= 0.6 is 11.6 Å². The number of allylic oxidation sites excluding steroid dienone is 2. The van der Waals surface area contributed by atoms with Gasteiger partial charge < -0.3 is 9.64 Å². The highest BCUT2D eigenvalue weighted by Gasteiger charge is 2.44. The fourth-order valence-corrected chi connectivity index (χ4v) is 3.53. The molecule has 2 heterocycles. The molecule has 180 valence electrons. The van der Waals surface area contributed by atoms with Gasteiger partial charge in [-0.3, -0.25) is 10.3 Å². The average molecular weight is 496 g/mol. The number of hydrogen-bond donors (Lipinski definition) is 1. The number of aliphatic imine (C=N–C) groups is 1.